The molecule has 1 nitrogen and oxygen atoms in total. The van der Waals surface area contributed by atoms with E-state index in [0.29, 0.717) is 10.8 Å². The molecule has 0 heterocycles. The largest absolute Gasteiger partial charge is 0.303 e. The Hall–Kier alpha value is -0.330. The SMILES string of the molecule is CC(C=O)CC1(C)C2CCC(C2)C1(C)C. The van der Waals surface area contributed by atoms with Gasteiger partial charge in [-0.1, -0.05) is 27.7 Å². The molecule has 2 saturated carbocycles. The van der Waals surface area contributed by atoms with E-state index in [1.807, 2.05) is 0 Å². The number of hydrogen-bond donors (Lipinski definition) is 0. The highest BCUT2D eigenvalue weighted by atomic mass is 16.1. The lowest BCUT2D eigenvalue weighted by Crippen LogP contribution is -2.41. The highest BCUT2D eigenvalue weighted by molar-refractivity contribution is 5.52. The van der Waals surface area contributed by atoms with Crippen LogP contribution in [0.3, 0.4) is 0 Å². The molecule has 0 N–H and O–H groups in total. The molecule has 0 aliphatic heterocycles. The number of fused-ring (bicyclic) bond motifs is 2. The zero-order valence-electron chi connectivity index (χ0n) is 10.5. The third-order valence-electron chi connectivity index (χ3n) is 5.80. The Morgan fingerprint density at radius 3 is 2.33 bits per heavy atom. The van der Waals surface area contributed by atoms with E-state index in [2.05, 4.69) is 27.7 Å². The van der Waals surface area contributed by atoms with Crippen molar-refractivity contribution in [2.45, 2.75) is 53.4 Å². The average molecular weight is 208 g/mol. The first-order valence-electron chi connectivity index (χ1n) is 6.37. The Morgan fingerprint density at radius 2 is 1.87 bits per heavy atom. The lowest BCUT2D eigenvalue weighted by Gasteiger charge is -2.48. The highest BCUT2D eigenvalue weighted by Crippen LogP contribution is 2.67. The second-order valence-corrected chi connectivity index (χ2v) is 6.66. The summed E-state index contributed by atoms with van der Waals surface area (Å²) in [6, 6.07) is 0. The molecular formula is C14H24O. The summed E-state index contributed by atoms with van der Waals surface area (Å²) in [6.07, 6.45) is 6.45. The van der Waals surface area contributed by atoms with Gasteiger partial charge in [0.15, 0.2) is 0 Å². The van der Waals surface area contributed by atoms with Gasteiger partial charge in [-0.3, -0.25) is 0 Å². The van der Waals surface area contributed by atoms with Gasteiger partial charge in [0.1, 0.15) is 6.29 Å². The summed E-state index contributed by atoms with van der Waals surface area (Å²) >= 11 is 0. The normalized spacial score (nSPS) is 44.3. The van der Waals surface area contributed by atoms with Crippen molar-refractivity contribution in [3.8, 4) is 0 Å². The van der Waals surface area contributed by atoms with E-state index >= 15 is 0 Å². The molecule has 2 bridgehead atoms. The molecule has 4 atom stereocenters. The van der Waals surface area contributed by atoms with Crippen molar-refractivity contribution in [3.05, 3.63) is 0 Å². The minimum Gasteiger partial charge on any atom is -0.303 e. The fraction of sp³-hybridized carbons (Fsp3) is 0.929. The summed E-state index contributed by atoms with van der Waals surface area (Å²) < 4.78 is 0. The molecule has 0 aromatic carbocycles. The number of carbonyl (C=O) groups excluding carboxylic acids is 1. The summed E-state index contributed by atoms with van der Waals surface area (Å²) in [5.41, 5.74) is 0.837. The molecular weight excluding hydrogens is 184 g/mol. The summed E-state index contributed by atoms with van der Waals surface area (Å²) in [5.74, 6) is 2.01. The molecule has 0 radical (unpaired) electrons. The van der Waals surface area contributed by atoms with Gasteiger partial charge in [-0.2, -0.15) is 0 Å². The maximum absolute atomic E-state index is 10.9. The van der Waals surface area contributed by atoms with E-state index in [0.717, 1.165) is 24.5 Å². The molecule has 0 saturated heterocycles. The van der Waals surface area contributed by atoms with Crippen LogP contribution in [0.2, 0.25) is 0 Å². The van der Waals surface area contributed by atoms with Crippen molar-refractivity contribution < 1.29 is 4.79 Å². The number of hydrogen-bond acceptors (Lipinski definition) is 1. The van der Waals surface area contributed by atoms with Crippen LogP contribution in [0.15, 0.2) is 0 Å². The summed E-state index contributed by atoms with van der Waals surface area (Å²) in [6.45, 7) is 9.35. The highest BCUT2D eigenvalue weighted by Gasteiger charge is 2.59. The predicted molar refractivity (Wildman–Crippen MR) is 62.6 cm³/mol. The average Bonchev–Trinajstić information content (AvgIpc) is 2.70. The fourth-order valence-corrected chi connectivity index (χ4v) is 4.35. The summed E-state index contributed by atoms with van der Waals surface area (Å²) in [5, 5.41) is 0. The van der Waals surface area contributed by atoms with Gasteiger partial charge < -0.3 is 4.79 Å². The van der Waals surface area contributed by atoms with Gasteiger partial charge in [-0.25, -0.2) is 0 Å². The van der Waals surface area contributed by atoms with Gasteiger partial charge in [-0.15, -0.1) is 0 Å². The van der Waals surface area contributed by atoms with Crippen LogP contribution >= 0.6 is 0 Å². The van der Waals surface area contributed by atoms with Crippen molar-refractivity contribution in [1.82, 2.24) is 0 Å². The molecule has 0 aromatic rings. The van der Waals surface area contributed by atoms with E-state index in [1.54, 1.807) is 0 Å². The Labute approximate surface area is 93.6 Å². The van der Waals surface area contributed by atoms with Crippen LogP contribution in [0.1, 0.15) is 53.4 Å². The lowest BCUT2D eigenvalue weighted by molar-refractivity contribution is -0.113. The minimum absolute atomic E-state index is 0.230. The summed E-state index contributed by atoms with van der Waals surface area (Å²) in [4.78, 5) is 10.9. The minimum atomic E-state index is 0.230. The van der Waals surface area contributed by atoms with Gasteiger partial charge in [0.25, 0.3) is 0 Å². The van der Waals surface area contributed by atoms with Crippen LogP contribution < -0.4 is 0 Å². The summed E-state index contributed by atoms with van der Waals surface area (Å²) in [7, 11) is 0. The standard InChI is InChI=1S/C14H24O/c1-10(9-15)8-14(4)12-6-5-11(7-12)13(14,2)3/h9-12H,5-8H2,1-4H3. The van der Waals surface area contributed by atoms with Crippen molar-refractivity contribution in [2.24, 2.45) is 28.6 Å². The molecule has 2 aliphatic carbocycles. The van der Waals surface area contributed by atoms with E-state index in [1.165, 1.54) is 19.3 Å². The number of rotatable bonds is 3. The Balaban J connectivity index is 2.22. The van der Waals surface area contributed by atoms with Gasteiger partial charge in [0.05, 0.1) is 0 Å². The predicted octanol–water partition coefficient (Wildman–Crippen LogP) is 3.67. The third kappa shape index (κ3) is 1.38. The van der Waals surface area contributed by atoms with Crippen LogP contribution in [-0.2, 0) is 4.79 Å². The maximum atomic E-state index is 10.9. The molecule has 1 heteroatoms. The number of carbonyl (C=O) groups is 1. The van der Waals surface area contributed by atoms with Crippen LogP contribution in [0.5, 0.6) is 0 Å². The smallest absolute Gasteiger partial charge is 0.122 e. The topological polar surface area (TPSA) is 17.1 Å². The first kappa shape index (κ1) is 11.2. The van der Waals surface area contributed by atoms with Gasteiger partial charge in [0.2, 0.25) is 0 Å². The van der Waals surface area contributed by atoms with Crippen LogP contribution in [0, 0.1) is 28.6 Å². The molecule has 2 rings (SSSR count). The molecule has 0 aromatic heterocycles. The van der Waals surface area contributed by atoms with Gasteiger partial charge >= 0.3 is 0 Å². The molecule has 4 unspecified atom stereocenters. The monoisotopic (exact) mass is 208 g/mol. The quantitative estimate of drug-likeness (QED) is 0.647. The van der Waals surface area contributed by atoms with Gasteiger partial charge in [0, 0.05) is 5.92 Å². The lowest BCUT2D eigenvalue weighted by atomic mass is 9.56. The van der Waals surface area contributed by atoms with Crippen molar-refractivity contribution in [3.63, 3.8) is 0 Å². The Kier molecular flexibility index (Phi) is 2.48. The molecule has 0 amide bonds. The first-order valence-corrected chi connectivity index (χ1v) is 6.37. The van der Waals surface area contributed by atoms with Crippen LogP contribution in [-0.4, -0.2) is 6.29 Å². The molecule has 86 valence electrons. The Bertz CT molecular complexity index is 269. The van der Waals surface area contributed by atoms with Crippen molar-refractivity contribution in [1.29, 1.82) is 0 Å². The Morgan fingerprint density at radius 1 is 1.27 bits per heavy atom. The fourth-order valence-electron chi connectivity index (χ4n) is 4.35. The van der Waals surface area contributed by atoms with E-state index in [4.69, 9.17) is 0 Å². The van der Waals surface area contributed by atoms with Crippen LogP contribution in [0.25, 0.3) is 0 Å². The molecule has 2 aliphatic rings. The van der Waals surface area contributed by atoms with Gasteiger partial charge in [-0.05, 0) is 48.3 Å². The zero-order valence-corrected chi connectivity index (χ0v) is 10.5. The van der Waals surface area contributed by atoms with Crippen molar-refractivity contribution >= 4 is 6.29 Å². The van der Waals surface area contributed by atoms with E-state index in [9.17, 15) is 4.79 Å². The number of aldehydes is 1. The second kappa shape index (κ2) is 3.33. The second-order valence-electron chi connectivity index (χ2n) is 6.66. The zero-order chi connectivity index (χ0) is 11.3. The third-order valence-corrected chi connectivity index (χ3v) is 5.80. The first-order chi connectivity index (χ1) is 6.91. The molecule has 15 heavy (non-hydrogen) atoms. The van der Waals surface area contributed by atoms with Crippen LogP contribution in [0.4, 0.5) is 0 Å². The van der Waals surface area contributed by atoms with E-state index < -0.39 is 0 Å². The van der Waals surface area contributed by atoms with Crippen molar-refractivity contribution in [2.75, 3.05) is 0 Å². The van der Waals surface area contributed by atoms with E-state index in [-0.39, 0.29) is 5.92 Å². The molecule has 0 spiro atoms. The maximum Gasteiger partial charge on any atom is 0.122 e. The molecule has 2 fully saturated rings.